The molecule has 3 fully saturated rings. The van der Waals surface area contributed by atoms with E-state index < -0.39 is 0 Å². The van der Waals surface area contributed by atoms with Crippen LogP contribution in [0.15, 0.2) is 24.3 Å². The summed E-state index contributed by atoms with van der Waals surface area (Å²) in [5, 5.41) is 4.48. The summed E-state index contributed by atoms with van der Waals surface area (Å²) in [6.45, 7) is 1.93. The number of amides is 1. The number of anilines is 1. The Hall–Kier alpha value is -1.08. The Morgan fingerprint density at radius 3 is 2.40 bits per heavy atom. The molecule has 1 amide bonds. The normalized spacial score (nSPS) is 29.0. The number of carbonyl (C=O) groups is 1. The summed E-state index contributed by atoms with van der Waals surface area (Å²) >= 11 is 1.77. The Morgan fingerprint density at radius 1 is 1.07 bits per heavy atom. The third-order valence-electron chi connectivity index (χ3n) is 7.18. The van der Waals surface area contributed by atoms with Crippen molar-refractivity contribution in [1.29, 1.82) is 0 Å². The highest BCUT2D eigenvalue weighted by atomic mass is 35.5. The summed E-state index contributed by atoms with van der Waals surface area (Å²) in [4.78, 5) is 20.1. The van der Waals surface area contributed by atoms with Crippen LogP contribution in [0, 0.1) is 17.8 Å². The van der Waals surface area contributed by atoms with Gasteiger partial charge in [-0.1, -0.05) is 29.9 Å². The molecular formula is C22H32Cl2N4OS. The molecule has 2 aromatic rings. The van der Waals surface area contributed by atoms with Gasteiger partial charge < -0.3 is 16.0 Å². The fourth-order valence-corrected chi connectivity index (χ4v) is 6.55. The van der Waals surface area contributed by atoms with Gasteiger partial charge in [-0.3, -0.25) is 4.79 Å². The minimum absolute atomic E-state index is 0. The zero-order valence-electron chi connectivity index (χ0n) is 17.2. The van der Waals surface area contributed by atoms with Crippen molar-refractivity contribution in [2.75, 3.05) is 18.0 Å². The number of aromatic nitrogens is 1. The van der Waals surface area contributed by atoms with E-state index >= 15 is 0 Å². The first-order valence-corrected chi connectivity index (χ1v) is 11.7. The van der Waals surface area contributed by atoms with Crippen LogP contribution in [0.5, 0.6) is 0 Å². The molecule has 1 aromatic heterocycles. The van der Waals surface area contributed by atoms with Crippen LogP contribution in [0.2, 0.25) is 0 Å². The van der Waals surface area contributed by atoms with E-state index in [1.54, 1.807) is 11.3 Å². The molecule has 3 N–H and O–H groups in total. The highest BCUT2D eigenvalue weighted by Crippen LogP contribution is 2.42. The van der Waals surface area contributed by atoms with Gasteiger partial charge in [-0.15, -0.1) is 24.8 Å². The summed E-state index contributed by atoms with van der Waals surface area (Å²) in [6, 6.07) is 8.95. The van der Waals surface area contributed by atoms with Crippen LogP contribution in [0.3, 0.4) is 0 Å². The lowest BCUT2D eigenvalue weighted by atomic mass is 9.65. The van der Waals surface area contributed by atoms with Crippen molar-refractivity contribution >= 4 is 57.4 Å². The molecule has 30 heavy (non-hydrogen) atoms. The van der Waals surface area contributed by atoms with Gasteiger partial charge in [0.15, 0.2) is 5.13 Å². The van der Waals surface area contributed by atoms with Gasteiger partial charge in [0, 0.05) is 31.1 Å². The Labute approximate surface area is 195 Å². The van der Waals surface area contributed by atoms with E-state index in [1.807, 2.05) is 6.07 Å². The van der Waals surface area contributed by atoms with Crippen LogP contribution < -0.4 is 16.0 Å². The molecule has 8 heteroatoms. The third kappa shape index (κ3) is 4.72. The van der Waals surface area contributed by atoms with Crippen LogP contribution >= 0.6 is 36.2 Å². The van der Waals surface area contributed by atoms with Gasteiger partial charge >= 0.3 is 0 Å². The van der Waals surface area contributed by atoms with Crippen molar-refractivity contribution in [3.63, 3.8) is 0 Å². The molecule has 0 spiro atoms. The lowest BCUT2D eigenvalue weighted by Gasteiger charge is -2.44. The highest BCUT2D eigenvalue weighted by molar-refractivity contribution is 7.22. The number of rotatable bonds is 3. The number of fused-ring (bicyclic) bond motifs is 3. The lowest BCUT2D eigenvalue weighted by molar-refractivity contribution is -0.128. The van der Waals surface area contributed by atoms with Crippen LogP contribution in [0.4, 0.5) is 5.13 Å². The topological polar surface area (TPSA) is 71.2 Å². The van der Waals surface area contributed by atoms with E-state index in [0.29, 0.717) is 23.9 Å². The number of hydrogen-bond donors (Lipinski definition) is 2. The van der Waals surface area contributed by atoms with Crippen molar-refractivity contribution in [2.45, 2.75) is 57.0 Å². The number of hydrogen-bond acceptors (Lipinski definition) is 5. The maximum atomic E-state index is 12.9. The van der Waals surface area contributed by atoms with Gasteiger partial charge in [-0.2, -0.15) is 0 Å². The summed E-state index contributed by atoms with van der Waals surface area (Å²) < 4.78 is 1.24. The summed E-state index contributed by atoms with van der Waals surface area (Å²) in [7, 11) is 0. The fourth-order valence-electron chi connectivity index (χ4n) is 5.53. The Morgan fingerprint density at radius 2 is 1.73 bits per heavy atom. The van der Waals surface area contributed by atoms with Crippen LogP contribution in [-0.2, 0) is 4.79 Å². The predicted molar refractivity (Wildman–Crippen MR) is 129 cm³/mol. The molecule has 1 saturated heterocycles. The smallest absolute Gasteiger partial charge is 0.223 e. The molecule has 2 aliphatic carbocycles. The molecule has 5 nitrogen and oxygen atoms in total. The molecule has 1 aliphatic heterocycles. The number of para-hydroxylation sites is 1. The second-order valence-corrected chi connectivity index (χ2v) is 9.94. The van der Waals surface area contributed by atoms with Crippen LogP contribution in [0.25, 0.3) is 10.2 Å². The largest absolute Gasteiger partial charge is 0.353 e. The second-order valence-electron chi connectivity index (χ2n) is 8.93. The highest BCUT2D eigenvalue weighted by Gasteiger charge is 2.40. The van der Waals surface area contributed by atoms with Crippen molar-refractivity contribution in [2.24, 2.45) is 23.5 Å². The van der Waals surface area contributed by atoms with Crippen molar-refractivity contribution in [3.8, 4) is 0 Å². The zero-order valence-corrected chi connectivity index (χ0v) is 19.6. The molecule has 2 saturated carbocycles. The molecule has 2 atom stereocenters. The molecule has 2 bridgehead atoms. The number of nitrogens with zero attached hydrogens (tertiary/aromatic N) is 2. The first-order valence-electron chi connectivity index (χ1n) is 10.8. The molecule has 2 unspecified atom stereocenters. The Bertz CT molecular complexity index is 808. The predicted octanol–water partition coefficient (Wildman–Crippen LogP) is 4.38. The SMILES string of the molecule is Cl.Cl.NC1C2CCCC1CC(C(=O)NC1CCN(c3nc4ccccc4s3)CC1)C2. The molecule has 0 radical (unpaired) electrons. The zero-order chi connectivity index (χ0) is 19.1. The number of benzene rings is 1. The Kier molecular flexibility index (Phi) is 7.88. The second kappa shape index (κ2) is 10.0. The van der Waals surface area contributed by atoms with E-state index in [0.717, 1.165) is 49.4 Å². The molecular weight excluding hydrogens is 439 g/mol. The first kappa shape index (κ1) is 23.6. The molecule has 166 valence electrons. The summed E-state index contributed by atoms with van der Waals surface area (Å²) in [5.74, 6) is 1.58. The third-order valence-corrected chi connectivity index (χ3v) is 8.28. The number of carbonyl (C=O) groups excluding carboxylic acids is 1. The average molecular weight is 471 g/mol. The minimum atomic E-state index is 0. The fraction of sp³-hybridized carbons (Fsp3) is 0.636. The number of nitrogens with one attached hydrogen (secondary N) is 1. The molecule has 2 heterocycles. The minimum Gasteiger partial charge on any atom is -0.353 e. The summed E-state index contributed by atoms with van der Waals surface area (Å²) in [5.41, 5.74) is 7.47. The molecule has 3 aliphatic rings. The maximum absolute atomic E-state index is 12.9. The van der Waals surface area contributed by atoms with Gasteiger partial charge in [0.25, 0.3) is 0 Å². The first-order chi connectivity index (χ1) is 13.7. The standard InChI is InChI=1S/C22H30N4OS.2ClH/c23-20-14-4-3-5-15(20)13-16(12-14)21(27)24-17-8-10-26(11-9-17)22-25-18-6-1-2-7-19(18)28-22;;/h1-2,6-7,14-17,20H,3-5,8-13,23H2,(H,24,27);2*1H. The Balaban J connectivity index is 0.00000128. The van der Waals surface area contributed by atoms with E-state index in [-0.39, 0.29) is 36.6 Å². The van der Waals surface area contributed by atoms with E-state index in [4.69, 9.17) is 10.7 Å². The number of thiazole rings is 1. The van der Waals surface area contributed by atoms with Gasteiger partial charge in [-0.25, -0.2) is 4.98 Å². The van der Waals surface area contributed by atoms with E-state index in [9.17, 15) is 4.79 Å². The van der Waals surface area contributed by atoms with Crippen molar-refractivity contribution in [1.82, 2.24) is 10.3 Å². The number of nitrogens with two attached hydrogens (primary N) is 1. The number of piperidine rings is 1. The van der Waals surface area contributed by atoms with E-state index in [1.165, 1.54) is 24.0 Å². The maximum Gasteiger partial charge on any atom is 0.223 e. The number of halogens is 2. The van der Waals surface area contributed by atoms with Crippen LogP contribution in [0.1, 0.15) is 44.9 Å². The van der Waals surface area contributed by atoms with Gasteiger partial charge in [0.2, 0.25) is 5.91 Å². The van der Waals surface area contributed by atoms with Crippen molar-refractivity contribution < 1.29 is 4.79 Å². The van der Waals surface area contributed by atoms with Crippen LogP contribution in [-0.4, -0.2) is 36.1 Å². The van der Waals surface area contributed by atoms with Crippen molar-refractivity contribution in [3.05, 3.63) is 24.3 Å². The van der Waals surface area contributed by atoms with Gasteiger partial charge in [0.1, 0.15) is 0 Å². The quantitative estimate of drug-likeness (QED) is 0.697. The molecule has 5 rings (SSSR count). The summed E-state index contributed by atoms with van der Waals surface area (Å²) in [6.07, 6.45) is 7.70. The monoisotopic (exact) mass is 470 g/mol. The van der Waals surface area contributed by atoms with Gasteiger partial charge in [0.05, 0.1) is 10.2 Å². The lowest BCUT2D eigenvalue weighted by Crippen LogP contribution is -2.51. The van der Waals surface area contributed by atoms with E-state index in [2.05, 4.69) is 28.4 Å². The van der Waals surface area contributed by atoms with Gasteiger partial charge in [-0.05, 0) is 62.5 Å². The average Bonchev–Trinajstić information content (AvgIpc) is 3.12. The molecule has 1 aromatic carbocycles.